The molecule has 1 aromatic carbocycles. The summed E-state index contributed by atoms with van der Waals surface area (Å²) in [5, 5.41) is 15.0. The Bertz CT molecular complexity index is 1010. The van der Waals surface area contributed by atoms with Crippen molar-refractivity contribution in [3.63, 3.8) is 0 Å². The summed E-state index contributed by atoms with van der Waals surface area (Å²) in [4.78, 5) is 46.5. The molecule has 3 rings (SSSR count). The summed E-state index contributed by atoms with van der Waals surface area (Å²) in [7, 11) is 1.40. The van der Waals surface area contributed by atoms with Crippen LogP contribution in [0, 0.1) is 5.92 Å². The molecule has 1 atom stereocenters. The largest absolute Gasteiger partial charge is 0.480 e. The van der Waals surface area contributed by atoms with E-state index in [9.17, 15) is 19.5 Å². The first-order valence-corrected chi connectivity index (χ1v) is 11.5. The molecular weight excluding hydrogens is 454 g/mol. The molecule has 1 fully saturated rings. The van der Waals surface area contributed by atoms with Gasteiger partial charge in [0.05, 0.1) is 13.0 Å². The van der Waals surface area contributed by atoms with E-state index in [0.29, 0.717) is 38.2 Å². The number of benzene rings is 1. The molecule has 1 aliphatic heterocycles. The van der Waals surface area contributed by atoms with Crippen LogP contribution in [0.5, 0.6) is 0 Å². The number of aliphatic carboxylic acids is 1. The van der Waals surface area contributed by atoms with Crippen LogP contribution in [-0.4, -0.2) is 65.9 Å². The van der Waals surface area contributed by atoms with Gasteiger partial charge >= 0.3 is 18.0 Å². The van der Waals surface area contributed by atoms with Crippen LogP contribution in [0.3, 0.4) is 0 Å². The zero-order valence-electron chi connectivity index (χ0n) is 19.9. The number of carbonyl (C=O) groups excluding carboxylic acids is 2. The smallest absolute Gasteiger partial charge is 0.408 e. The van der Waals surface area contributed by atoms with E-state index in [-0.39, 0.29) is 25.0 Å². The first-order chi connectivity index (χ1) is 16.9. The van der Waals surface area contributed by atoms with E-state index in [1.54, 1.807) is 12.1 Å². The molecule has 0 saturated carbocycles. The molecule has 2 aromatic rings. The maximum atomic E-state index is 12.1. The average molecular weight is 486 g/mol. The quantitative estimate of drug-likeness (QED) is 0.429. The van der Waals surface area contributed by atoms with Crippen LogP contribution in [-0.2, 0) is 32.1 Å². The third kappa shape index (κ3) is 7.05. The number of ether oxygens (including phenoxy) is 2. The molecule has 0 spiro atoms. The first-order valence-electron chi connectivity index (χ1n) is 11.5. The van der Waals surface area contributed by atoms with Gasteiger partial charge in [-0.25, -0.2) is 19.6 Å². The minimum atomic E-state index is -1.22. The summed E-state index contributed by atoms with van der Waals surface area (Å²) in [6.07, 6.45) is 2.54. The van der Waals surface area contributed by atoms with Crippen molar-refractivity contribution in [2.24, 2.45) is 5.92 Å². The van der Waals surface area contributed by atoms with Crippen LogP contribution in [0.4, 0.5) is 16.4 Å². The number of anilines is 2. The number of esters is 1. The Hall–Kier alpha value is -3.89. The number of alkyl carbamates (subject to hydrolysis) is 1. The summed E-state index contributed by atoms with van der Waals surface area (Å²) in [6, 6.07) is 7.88. The monoisotopic (exact) mass is 485 g/mol. The van der Waals surface area contributed by atoms with Crippen LogP contribution in [0.25, 0.3) is 0 Å². The predicted molar refractivity (Wildman–Crippen MR) is 128 cm³/mol. The molecule has 2 heterocycles. The minimum absolute atomic E-state index is 0.0361. The van der Waals surface area contributed by atoms with Gasteiger partial charge in [0.1, 0.15) is 30.6 Å². The molecule has 0 bridgehead atoms. The summed E-state index contributed by atoms with van der Waals surface area (Å²) < 4.78 is 9.98. The van der Waals surface area contributed by atoms with Crippen molar-refractivity contribution in [1.82, 2.24) is 15.3 Å². The highest BCUT2D eigenvalue weighted by Crippen LogP contribution is 2.28. The van der Waals surface area contributed by atoms with Crippen LogP contribution in [0.1, 0.15) is 30.9 Å². The molecule has 3 N–H and O–H groups in total. The van der Waals surface area contributed by atoms with Gasteiger partial charge in [-0.3, -0.25) is 4.79 Å². The van der Waals surface area contributed by atoms with Gasteiger partial charge in [0.2, 0.25) is 0 Å². The number of hydrogen-bond acceptors (Lipinski definition) is 9. The zero-order chi connectivity index (χ0) is 25.2. The molecule has 1 saturated heterocycles. The van der Waals surface area contributed by atoms with Crippen LogP contribution >= 0.6 is 0 Å². The third-order valence-corrected chi connectivity index (χ3v) is 5.88. The highest BCUT2D eigenvalue weighted by atomic mass is 16.5. The maximum absolute atomic E-state index is 12.1. The van der Waals surface area contributed by atoms with E-state index < -0.39 is 18.1 Å². The standard InChI is InChI=1S/C24H31N5O6/c1-3-18-20(26-15-27-21(18)29-11-9-17(10-12-29)23(32)34-2)25-13-19(22(30)31)28-24(33)35-14-16-7-5-4-6-8-16/h4-8,15,17,19H,3,9-14H2,1-2H3,(H,28,33)(H,30,31)(H,25,26,27). The molecule has 0 aliphatic carbocycles. The Balaban J connectivity index is 1.60. The fourth-order valence-corrected chi connectivity index (χ4v) is 3.95. The molecule has 1 amide bonds. The lowest BCUT2D eigenvalue weighted by Gasteiger charge is -2.33. The topological polar surface area (TPSA) is 143 Å². The SMILES string of the molecule is CCc1c(NCC(NC(=O)OCc2ccccc2)C(=O)O)ncnc1N1CCC(C(=O)OC)CC1. The lowest BCUT2D eigenvalue weighted by Crippen LogP contribution is -2.45. The Morgan fingerprint density at radius 2 is 1.89 bits per heavy atom. The van der Waals surface area contributed by atoms with Gasteiger partial charge < -0.3 is 30.1 Å². The molecule has 0 radical (unpaired) electrons. The number of carboxylic acids is 1. The fourth-order valence-electron chi connectivity index (χ4n) is 3.95. The zero-order valence-corrected chi connectivity index (χ0v) is 19.9. The third-order valence-electron chi connectivity index (χ3n) is 5.88. The van der Waals surface area contributed by atoms with E-state index in [2.05, 4.69) is 25.5 Å². The Labute approximate surface area is 203 Å². The van der Waals surface area contributed by atoms with Gasteiger partial charge in [0.25, 0.3) is 0 Å². The van der Waals surface area contributed by atoms with Gasteiger partial charge in [0, 0.05) is 25.2 Å². The lowest BCUT2D eigenvalue weighted by molar-refractivity contribution is -0.146. The Morgan fingerprint density at radius 3 is 2.51 bits per heavy atom. The molecular formula is C24H31N5O6. The fraction of sp³-hybridized carbons (Fsp3) is 0.458. The van der Waals surface area contributed by atoms with Gasteiger partial charge in [-0.05, 0) is 24.8 Å². The average Bonchev–Trinajstić information content (AvgIpc) is 2.89. The van der Waals surface area contributed by atoms with E-state index in [1.165, 1.54) is 13.4 Å². The highest BCUT2D eigenvalue weighted by molar-refractivity contribution is 5.80. The van der Waals surface area contributed by atoms with Crippen molar-refractivity contribution in [2.45, 2.75) is 38.8 Å². The molecule has 1 aromatic heterocycles. The second kappa shape index (κ2) is 12.5. The summed E-state index contributed by atoms with van der Waals surface area (Å²) >= 11 is 0. The van der Waals surface area contributed by atoms with Crippen molar-refractivity contribution < 1.29 is 29.0 Å². The van der Waals surface area contributed by atoms with Gasteiger partial charge in [-0.2, -0.15) is 0 Å². The minimum Gasteiger partial charge on any atom is -0.480 e. The van der Waals surface area contributed by atoms with E-state index in [0.717, 1.165) is 16.9 Å². The number of methoxy groups -OCH3 is 1. The molecule has 35 heavy (non-hydrogen) atoms. The number of piperidine rings is 1. The molecule has 1 aliphatic rings. The lowest BCUT2D eigenvalue weighted by atomic mass is 9.96. The number of nitrogens with zero attached hydrogens (tertiary/aromatic N) is 3. The molecule has 11 nitrogen and oxygen atoms in total. The van der Waals surface area contributed by atoms with Crippen molar-refractivity contribution in [1.29, 1.82) is 0 Å². The molecule has 188 valence electrons. The number of aromatic nitrogens is 2. The van der Waals surface area contributed by atoms with Gasteiger partial charge in [0.15, 0.2) is 0 Å². The maximum Gasteiger partial charge on any atom is 0.408 e. The molecule has 1 unspecified atom stereocenters. The second-order valence-electron chi connectivity index (χ2n) is 8.14. The van der Waals surface area contributed by atoms with Crippen molar-refractivity contribution in [2.75, 3.05) is 37.0 Å². The highest BCUT2D eigenvalue weighted by Gasteiger charge is 2.28. The van der Waals surface area contributed by atoms with Gasteiger partial charge in [-0.1, -0.05) is 37.3 Å². The normalized spacial score (nSPS) is 14.6. The van der Waals surface area contributed by atoms with E-state index >= 15 is 0 Å². The van der Waals surface area contributed by atoms with Crippen LogP contribution in [0.15, 0.2) is 36.7 Å². The number of amides is 1. The number of carboxylic acid groups (broad SMARTS) is 1. The Morgan fingerprint density at radius 1 is 1.17 bits per heavy atom. The summed E-state index contributed by atoms with van der Waals surface area (Å²) in [5.41, 5.74) is 1.63. The first kappa shape index (κ1) is 25.7. The number of rotatable bonds is 10. The summed E-state index contributed by atoms with van der Waals surface area (Å²) in [5.74, 6) is -0.273. The van der Waals surface area contributed by atoms with Gasteiger partial charge in [-0.15, -0.1) is 0 Å². The van der Waals surface area contributed by atoms with E-state index in [1.807, 2.05) is 25.1 Å². The van der Waals surface area contributed by atoms with E-state index in [4.69, 9.17) is 9.47 Å². The predicted octanol–water partition coefficient (Wildman–Crippen LogP) is 2.22. The number of carbonyl (C=O) groups is 3. The Kier molecular flexibility index (Phi) is 9.22. The summed E-state index contributed by atoms with van der Waals surface area (Å²) in [6.45, 7) is 3.20. The second-order valence-corrected chi connectivity index (χ2v) is 8.14. The van der Waals surface area contributed by atoms with Crippen LogP contribution < -0.4 is 15.5 Å². The van der Waals surface area contributed by atoms with Crippen LogP contribution in [0.2, 0.25) is 0 Å². The number of nitrogens with one attached hydrogen (secondary N) is 2. The van der Waals surface area contributed by atoms with Crippen molar-refractivity contribution in [3.8, 4) is 0 Å². The number of hydrogen-bond donors (Lipinski definition) is 3. The van der Waals surface area contributed by atoms with Crippen molar-refractivity contribution in [3.05, 3.63) is 47.8 Å². The molecule has 11 heteroatoms. The van der Waals surface area contributed by atoms with Crippen molar-refractivity contribution >= 4 is 29.7 Å².